The summed E-state index contributed by atoms with van der Waals surface area (Å²) in [6.07, 6.45) is 0. The van der Waals surface area contributed by atoms with Crippen molar-refractivity contribution >= 4 is 21.8 Å². The first kappa shape index (κ1) is 14.0. The predicted molar refractivity (Wildman–Crippen MR) is 82.5 cm³/mol. The van der Waals surface area contributed by atoms with Crippen LogP contribution >= 0.6 is 0 Å². The molecule has 0 aliphatic carbocycles. The second-order valence-electron chi connectivity index (χ2n) is 4.78. The maximum Gasteiger partial charge on any atom is 5.00 e. The molecule has 0 fully saturated rings. The molecule has 2 nitrogen and oxygen atoms in total. The van der Waals surface area contributed by atoms with Gasteiger partial charge < -0.3 is 0 Å². The Morgan fingerprint density at radius 2 is 0.905 bits per heavy atom. The van der Waals surface area contributed by atoms with Gasteiger partial charge in [-0.05, 0) is 24.3 Å². The minimum Gasteiger partial charge on any atom is -0.246 e. The van der Waals surface area contributed by atoms with Crippen molar-refractivity contribution in [3.63, 3.8) is 0 Å². The van der Waals surface area contributed by atoms with Crippen LogP contribution in [0.5, 0.6) is 0 Å². The normalized spacial score (nSPS) is 10.5. The van der Waals surface area contributed by atoms with Crippen LogP contribution in [0.25, 0.3) is 33.2 Å². The molecule has 4 rings (SSSR count). The summed E-state index contributed by atoms with van der Waals surface area (Å²) >= 11 is 0. The van der Waals surface area contributed by atoms with Crippen LogP contribution < -0.4 is 0 Å². The maximum atomic E-state index is 4.69. The van der Waals surface area contributed by atoms with Gasteiger partial charge in [-0.25, -0.2) is 9.97 Å². The molecule has 3 heteroatoms. The van der Waals surface area contributed by atoms with E-state index >= 15 is 0 Å². The Kier molecular flexibility index (Phi) is 3.84. The van der Waals surface area contributed by atoms with E-state index in [1.54, 1.807) is 0 Å². The summed E-state index contributed by atoms with van der Waals surface area (Å²) < 4.78 is 0. The van der Waals surface area contributed by atoms with Crippen LogP contribution in [0.1, 0.15) is 0 Å². The number of hydrogen-bond acceptors (Lipinski definition) is 2. The van der Waals surface area contributed by atoms with E-state index in [1.165, 1.54) is 0 Å². The molecule has 2 aromatic carbocycles. The summed E-state index contributed by atoms with van der Waals surface area (Å²) in [4.78, 5) is 9.38. The first-order valence-electron chi connectivity index (χ1n) is 6.62. The molecule has 0 amide bonds. The van der Waals surface area contributed by atoms with E-state index in [1.807, 2.05) is 48.5 Å². The standard InChI is InChI=1S/C18H12N2.Nb/c1-3-7-15-13(5-1)9-11-17(19-15)18-12-10-14-6-2-4-8-16(14)20-18;/h1-12H;/q;+5. The van der Waals surface area contributed by atoms with E-state index in [0.29, 0.717) is 0 Å². The number of benzene rings is 2. The van der Waals surface area contributed by atoms with Crippen LogP contribution in [0.4, 0.5) is 0 Å². The van der Waals surface area contributed by atoms with E-state index < -0.39 is 0 Å². The Balaban J connectivity index is 0.00000132. The van der Waals surface area contributed by atoms with Gasteiger partial charge in [0.05, 0.1) is 22.4 Å². The zero-order chi connectivity index (χ0) is 13.4. The molecule has 0 aliphatic rings. The Bertz CT molecular complexity index is 841. The molecule has 0 aliphatic heterocycles. The molecule has 0 saturated carbocycles. The zero-order valence-corrected chi connectivity index (χ0v) is 13.5. The molecule has 0 unspecified atom stereocenters. The van der Waals surface area contributed by atoms with Crippen molar-refractivity contribution in [3.05, 3.63) is 72.8 Å². The van der Waals surface area contributed by atoms with E-state index in [4.69, 9.17) is 0 Å². The number of aromatic nitrogens is 2. The van der Waals surface area contributed by atoms with Crippen LogP contribution in [0.3, 0.4) is 0 Å². The fourth-order valence-corrected chi connectivity index (χ4v) is 2.42. The smallest absolute Gasteiger partial charge is 0.246 e. The molecule has 2 aromatic heterocycles. The second-order valence-corrected chi connectivity index (χ2v) is 4.78. The first-order chi connectivity index (χ1) is 9.90. The quantitative estimate of drug-likeness (QED) is 0.475. The van der Waals surface area contributed by atoms with Crippen LogP contribution in [0.15, 0.2) is 72.8 Å². The van der Waals surface area contributed by atoms with Crippen molar-refractivity contribution in [1.82, 2.24) is 9.97 Å². The molecule has 94 valence electrons. The molecule has 0 spiro atoms. The largest absolute Gasteiger partial charge is 5.00 e. The minimum absolute atomic E-state index is 0. The summed E-state index contributed by atoms with van der Waals surface area (Å²) in [5.41, 5.74) is 3.82. The van der Waals surface area contributed by atoms with Gasteiger partial charge in [0.25, 0.3) is 0 Å². The molecule has 0 saturated heterocycles. The van der Waals surface area contributed by atoms with E-state index in [-0.39, 0.29) is 22.4 Å². The predicted octanol–water partition coefficient (Wildman–Crippen LogP) is 4.45. The van der Waals surface area contributed by atoms with Crippen molar-refractivity contribution < 1.29 is 22.4 Å². The summed E-state index contributed by atoms with van der Waals surface area (Å²) in [6.45, 7) is 0. The summed E-state index contributed by atoms with van der Waals surface area (Å²) in [6, 6.07) is 24.5. The molecule has 0 N–H and O–H groups in total. The number of fused-ring (bicyclic) bond motifs is 2. The third-order valence-electron chi connectivity index (χ3n) is 3.46. The molecule has 0 atom stereocenters. The van der Waals surface area contributed by atoms with Gasteiger partial charge in [0.15, 0.2) is 0 Å². The Morgan fingerprint density at radius 1 is 0.476 bits per heavy atom. The number of rotatable bonds is 1. The third-order valence-corrected chi connectivity index (χ3v) is 3.46. The van der Waals surface area contributed by atoms with Gasteiger partial charge in [0.1, 0.15) is 0 Å². The average Bonchev–Trinajstić information content (AvgIpc) is 2.54. The molecular weight excluding hydrogens is 337 g/mol. The molecular formula is C18H12N2Nb+5. The molecule has 0 bridgehead atoms. The molecule has 0 radical (unpaired) electrons. The number of pyridine rings is 2. The monoisotopic (exact) mass is 349 g/mol. The minimum atomic E-state index is 0. The van der Waals surface area contributed by atoms with Gasteiger partial charge in [-0.15, -0.1) is 0 Å². The fourth-order valence-electron chi connectivity index (χ4n) is 2.42. The maximum absolute atomic E-state index is 4.69. The van der Waals surface area contributed by atoms with Gasteiger partial charge >= 0.3 is 22.4 Å². The van der Waals surface area contributed by atoms with Gasteiger partial charge in [-0.1, -0.05) is 48.5 Å². The van der Waals surface area contributed by atoms with Crippen molar-refractivity contribution in [2.24, 2.45) is 0 Å². The Labute approximate surface area is 138 Å². The first-order valence-corrected chi connectivity index (χ1v) is 6.62. The molecule has 21 heavy (non-hydrogen) atoms. The second kappa shape index (κ2) is 5.78. The van der Waals surface area contributed by atoms with Gasteiger partial charge in [-0.3, -0.25) is 0 Å². The van der Waals surface area contributed by atoms with E-state index in [9.17, 15) is 0 Å². The van der Waals surface area contributed by atoms with Gasteiger partial charge in [-0.2, -0.15) is 0 Å². The summed E-state index contributed by atoms with van der Waals surface area (Å²) in [5.74, 6) is 0. The zero-order valence-electron chi connectivity index (χ0n) is 11.3. The fraction of sp³-hybridized carbons (Fsp3) is 0. The third kappa shape index (κ3) is 2.61. The van der Waals surface area contributed by atoms with Gasteiger partial charge in [0, 0.05) is 10.8 Å². The van der Waals surface area contributed by atoms with Crippen molar-refractivity contribution in [2.75, 3.05) is 0 Å². The van der Waals surface area contributed by atoms with E-state index in [2.05, 4.69) is 34.2 Å². The van der Waals surface area contributed by atoms with Crippen LogP contribution in [-0.4, -0.2) is 9.97 Å². The number of hydrogen-bond donors (Lipinski definition) is 0. The average molecular weight is 349 g/mol. The molecule has 2 heterocycles. The van der Waals surface area contributed by atoms with E-state index in [0.717, 1.165) is 33.2 Å². The SMILES string of the molecule is [Nb+5].c1ccc2nc(-c3ccc4ccccc4n3)ccc2c1. The van der Waals surface area contributed by atoms with Crippen molar-refractivity contribution in [3.8, 4) is 11.4 Å². The van der Waals surface area contributed by atoms with Crippen LogP contribution in [0.2, 0.25) is 0 Å². The number of para-hydroxylation sites is 2. The summed E-state index contributed by atoms with van der Waals surface area (Å²) in [5, 5.41) is 2.30. The Morgan fingerprint density at radius 3 is 1.38 bits per heavy atom. The summed E-state index contributed by atoms with van der Waals surface area (Å²) in [7, 11) is 0. The van der Waals surface area contributed by atoms with Crippen molar-refractivity contribution in [1.29, 1.82) is 0 Å². The topological polar surface area (TPSA) is 25.8 Å². The van der Waals surface area contributed by atoms with Crippen LogP contribution in [0, 0.1) is 0 Å². The van der Waals surface area contributed by atoms with Gasteiger partial charge in [0.2, 0.25) is 0 Å². The molecule has 4 aromatic rings. The number of nitrogens with zero attached hydrogens (tertiary/aromatic N) is 2. The Hall–Kier alpha value is -2.00. The van der Waals surface area contributed by atoms with Crippen LogP contribution in [-0.2, 0) is 22.4 Å². The van der Waals surface area contributed by atoms with Crippen molar-refractivity contribution in [2.45, 2.75) is 0 Å².